The molecule has 1 aliphatic heterocycles. The fourth-order valence-electron chi connectivity index (χ4n) is 2.08. The summed E-state index contributed by atoms with van der Waals surface area (Å²) in [6.07, 6.45) is 2.80. The number of piperidine rings is 1. The number of carboxylic acid groups (broad SMARTS) is 1. The smallest absolute Gasteiger partial charge is 0.308 e. The number of aliphatic carboxylic acids is 1. The van der Waals surface area contributed by atoms with E-state index in [1.807, 2.05) is 0 Å². The van der Waals surface area contributed by atoms with E-state index in [1.165, 1.54) is 12.3 Å². The highest BCUT2D eigenvalue weighted by Crippen LogP contribution is 2.19. The number of halogens is 1. The Kier molecular flexibility index (Phi) is 3.81. The summed E-state index contributed by atoms with van der Waals surface area (Å²) < 4.78 is 0. The molecule has 2 rings (SSSR count). The molecule has 1 aromatic heterocycles. The van der Waals surface area contributed by atoms with Gasteiger partial charge in [-0.2, -0.15) is 0 Å². The van der Waals surface area contributed by atoms with Crippen molar-refractivity contribution in [2.45, 2.75) is 12.8 Å². The second-order valence-electron chi connectivity index (χ2n) is 4.30. The monoisotopic (exact) mass is 268 g/mol. The minimum atomic E-state index is -0.847. The number of carboxylic acids is 1. The lowest BCUT2D eigenvalue weighted by Gasteiger charge is -2.30. The van der Waals surface area contributed by atoms with Gasteiger partial charge in [0.2, 0.25) is 0 Å². The molecule has 2 heterocycles. The number of amides is 1. The highest BCUT2D eigenvalue weighted by atomic mass is 35.5. The summed E-state index contributed by atoms with van der Waals surface area (Å²) in [6.45, 7) is 0.844. The van der Waals surface area contributed by atoms with E-state index in [9.17, 15) is 9.59 Å². The minimum absolute atomic E-state index is 0.190. The van der Waals surface area contributed by atoms with Gasteiger partial charge >= 0.3 is 5.97 Å². The molecule has 1 aromatic rings. The van der Waals surface area contributed by atoms with Gasteiger partial charge < -0.3 is 10.0 Å². The Balaban J connectivity index is 2.11. The lowest BCUT2D eigenvalue weighted by atomic mass is 9.98. The SMILES string of the molecule is O=C(O)[C@H]1CCCN(C(=O)c2ccnc(Cl)c2)C1. The number of carbonyl (C=O) groups excluding carboxylic acids is 1. The Morgan fingerprint density at radius 1 is 1.50 bits per heavy atom. The van der Waals surface area contributed by atoms with Gasteiger partial charge in [0, 0.05) is 24.8 Å². The Labute approximate surface area is 109 Å². The predicted molar refractivity (Wildman–Crippen MR) is 65.5 cm³/mol. The van der Waals surface area contributed by atoms with Crippen LogP contribution < -0.4 is 0 Å². The first kappa shape index (κ1) is 12.8. The van der Waals surface area contributed by atoms with Crippen LogP contribution in [-0.2, 0) is 4.79 Å². The maximum absolute atomic E-state index is 12.2. The van der Waals surface area contributed by atoms with Gasteiger partial charge in [0.15, 0.2) is 0 Å². The van der Waals surface area contributed by atoms with Gasteiger partial charge in [0.1, 0.15) is 5.15 Å². The van der Waals surface area contributed by atoms with Crippen molar-refractivity contribution < 1.29 is 14.7 Å². The van der Waals surface area contributed by atoms with E-state index in [2.05, 4.69) is 4.98 Å². The van der Waals surface area contributed by atoms with Crippen LogP contribution in [0.2, 0.25) is 5.15 Å². The van der Waals surface area contributed by atoms with Crippen molar-refractivity contribution in [3.63, 3.8) is 0 Å². The third-order valence-corrected chi connectivity index (χ3v) is 3.24. The summed E-state index contributed by atoms with van der Waals surface area (Å²) in [6, 6.07) is 3.08. The molecule has 0 saturated carbocycles. The predicted octanol–water partition coefficient (Wildman–Crippen LogP) is 1.67. The summed E-state index contributed by atoms with van der Waals surface area (Å²) in [7, 11) is 0. The van der Waals surface area contributed by atoms with Gasteiger partial charge in [-0.1, -0.05) is 11.6 Å². The standard InChI is InChI=1S/C12H13ClN2O3/c13-10-6-8(3-4-14-10)11(16)15-5-1-2-9(7-15)12(17)18/h3-4,6,9H,1-2,5,7H2,(H,17,18)/t9-/m0/s1. The minimum Gasteiger partial charge on any atom is -0.481 e. The van der Waals surface area contributed by atoms with Crippen molar-refractivity contribution in [1.29, 1.82) is 0 Å². The first-order valence-electron chi connectivity index (χ1n) is 5.71. The maximum Gasteiger partial charge on any atom is 0.308 e. The van der Waals surface area contributed by atoms with Crippen LogP contribution in [0.15, 0.2) is 18.3 Å². The molecule has 1 amide bonds. The number of aromatic nitrogens is 1. The first-order valence-corrected chi connectivity index (χ1v) is 6.09. The molecule has 6 heteroatoms. The molecule has 0 spiro atoms. The second kappa shape index (κ2) is 5.35. The van der Waals surface area contributed by atoms with Crippen molar-refractivity contribution >= 4 is 23.5 Å². The third-order valence-electron chi connectivity index (χ3n) is 3.03. The van der Waals surface area contributed by atoms with Gasteiger partial charge in [-0.05, 0) is 25.0 Å². The number of rotatable bonds is 2. The molecule has 1 saturated heterocycles. The Bertz CT molecular complexity index is 478. The number of nitrogens with zero attached hydrogens (tertiary/aromatic N) is 2. The average molecular weight is 269 g/mol. The van der Waals surface area contributed by atoms with Crippen LogP contribution in [0.5, 0.6) is 0 Å². The van der Waals surface area contributed by atoms with Crippen LogP contribution in [0, 0.1) is 5.92 Å². The largest absolute Gasteiger partial charge is 0.481 e. The molecule has 1 aliphatic rings. The zero-order valence-corrected chi connectivity index (χ0v) is 10.4. The van der Waals surface area contributed by atoms with E-state index in [-0.39, 0.29) is 17.6 Å². The van der Waals surface area contributed by atoms with Crippen LogP contribution >= 0.6 is 11.6 Å². The lowest BCUT2D eigenvalue weighted by molar-refractivity contribution is -0.143. The topological polar surface area (TPSA) is 70.5 Å². The average Bonchev–Trinajstić information content (AvgIpc) is 2.38. The quantitative estimate of drug-likeness (QED) is 0.829. The number of carbonyl (C=O) groups is 2. The van der Waals surface area contributed by atoms with E-state index in [1.54, 1.807) is 11.0 Å². The highest BCUT2D eigenvalue weighted by Gasteiger charge is 2.28. The van der Waals surface area contributed by atoms with E-state index < -0.39 is 11.9 Å². The number of hydrogen-bond acceptors (Lipinski definition) is 3. The Morgan fingerprint density at radius 3 is 2.94 bits per heavy atom. The molecule has 1 fully saturated rings. The van der Waals surface area contributed by atoms with Crippen molar-refractivity contribution in [2.75, 3.05) is 13.1 Å². The number of pyridine rings is 1. The highest BCUT2D eigenvalue weighted by molar-refractivity contribution is 6.29. The van der Waals surface area contributed by atoms with Crippen LogP contribution in [0.3, 0.4) is 0 Å². The molecule has 1 atom stereocenters. The van der Waals surface area contributed by atoms with Gasteiger partial charge in [-0.15, -0.1) is 0 Å². The lowest BCUT2D eigenvalue weighted by Crippen LogP contribution is -2.42. The van der Waals surface area contributed by atoms with Gasteiger partial charge in [-0.3, -0.25) is 9.59 Å². The molecule has 96 valence electrons. The summed E-state index contributed by atoms with van der Waals surface area (Å²) in [5.74, 6) is -1.51. The van der Waals surface area contributed by atoms with E-state index in [0.29, 0.717) is 24.9 Å². The van der Waals surface area contributed by atoms with Crippen LogP contribution in [0.25, 0.3) is 0 Å². The Hall–Kier alpha value is -1.62. The number of likely N-dealkylation sites (tertiary alicyclic amines) is 1. The fourth-order valence-corrected chi connectivity index (χ4v) is 2.26. The maximum atomic E-state index is 12.2. The van der Waals surface area contributed by atoms with Crippen LogP contribution in [-0.4, -0.2) is 40.0 Å². The van der Waals surface area contributed by atoms with E-state index in [0.717, 1.165) is 0 Å². The zero-order chi connectivity index (χ0) is 13.1. The van der Waals surface area contributed by atoms with E-state index >= 15 is 0 Å². The van der Waals surface area contributed by atoms with Crippen molar-refractivity contribution in [3.05, 3.63) is 29.0 Å². The molecular weight excluding hydrogens is 256 g/mol. The fraction of sp³-hybridized carbons (Fsp3) is 0.417. The van der Waals surface area contributed by atoms with Gasteiger partial charge in [-0.25, -0.2) is 4.98 Å². The van der Waals surface area contributed by atoms with Crippen molar-refractivity contribution in [3.8, 4) is 0 Å². The van der Waals surface area contributed by atoms with Gasteiger partial charge in [0.05, 0.1) is 5.92 Å². The zero-order valence-electron chi connectivity index (χ0n) is 9.67. The molecule has 18 heavy (non-hydrogen) atoms. The molecule has 5 nitrogen and oxygen atoms in total. The molecule has 1 N–H and O–H groups in total. The first-order chi connectivity index (χ1) is 8.58. The summed E-state index contributed by atoms with van der Waals surface area (Å²) >= 11 is 5.73. The Morgan fingerprint density at radius 2 is 2.28 bits per heavy atom. The number of hydrogen-bond donors (Lipinski definition) is 1. The van der Waals surface area contributed by atoms with E-state index in [4.69, 9.17) is 16.7 Å². The molecule has 0 bridgehead atoms. The van der Waals surface area contributed by atoms with Gasteiger partial charge in [0.25, 0.3) is 5.91 Å². The third kappa shape index (κ3) is 2.79. The molecule has 0 aliphatic carbocycles. The normalized spacial score (nSPS) is 19.6. The summed E-state index contributed by atoms with van der Waals surface area (Å²) in [4.78, 5) is 28.5. The molecular formula is C12H13ClN2O3. The van der Waals surface area contributed by atoms with Crippen LogP contribution in [0.4, 0.5) is 0 Å². The second-order valence-corrected chi connectivity index (χ2v) is 4.68. The van der Waals surface area contributed by atoms with Crippen LogP contribution in [0.1, 0.15) is 23.2 Å². The molecule has 0 unspecified atom stereocenters. The molecule has 0 radical (unpaired) electrons. The summed E-state index contributed by atoms with van der Waals surface area (Å²) in [5.41, 5.74) is 0.445. The van der Waals surface area contributed by atoms with Crippen molar-refractivity contribution in [2.24, 2.45) is 5.92 Å². The summed E-state index contributed by atoms with van der Waals surface area (Å²) in [5, 5.41) is 9.24. The molecule has 0 aromatic carbocycles. The van der Waals surface area contributed by atoms with Crippen molar-refractivity contribution in [1.82, 2.24) is 9.88 Å².